The van der Waals surface area contributed by atoms with E-state index in [2.05, 4.69) is 19.9 Å². The van der Waals surface area contributed by atoms with Crippen molar-refractivity contribution in [3.8, 4) is 0 Å². The lowest BCUT2D eigenvalue weighted by atomic mass is 9.37. The normalized spacial score (nSPS) is 30.6. The standard InChI is InChI=1S/C15H21N5O2S/c1-3-11(23(16,21)22)14-6-15(7-14,8-14)20(2)13-10-4-5-17-12(10)18-9-19-13/h4-5,9,11H,3,6-8H2,1-2H3,(H2,16,21,22)(H,17,18,19). The molecule has 2 heterocycles. The maximum Gasteiger partial charge on any atom is 0.212 e. The van der Waals surface area contributed by atoms with Crippen LogP contribution in [0.15, 0.2) is 18.6 Å². The number of aromatic amines is 1. The van der Waals surface area contributed by atoms with Crippen LogP contribution in [0, 0.1) is 5.41 Å². The zero-order valence-electron chi connectivity index (χ0n) is 13.3. The van der Waals surface area contributed by atoms with Crippen molar-refractivity contribution < 1.29 is 8.42 Å². The van der Waals surface area contributed by atoms with E-state index in [0.29, 0.717) is 6.42 Å². The number of nitrogens with zero attached hydrogens (tertiary/aromatic N) is 3. The van der Waals surface area contributed by atoms with Crippen molar-refractivity contribution in [1.82, 2.24) is 15.0 Å². The lowest BCUT2D eigenvalue weighted by Crippen LogP contribution is -2.78. The zero-order valence-corrected chi connectivity index (χ0v) is 14.1. The molecule has 3 saturated carbocycles. The lowest BCUT2D eigenvalue weighted by Gasteiger charge is -2.75. The molecule has 2 aromatic rings. The molecule has 0 spiro atoms. The lowest BCUT2D eigenvalue weighted by molar-refractivity contribution is -0.135. The van der Waals surface area contributed by atoms with E-state index in [1.165, 1.54) is 0 Å². The molecule has 1 unspecified atom stereocenters. The van der Waals surface area contributed by atoms with Crippen LogP contribution in [-0.4, -0.2) is 41.2 Å². The minimum Gasteiger partial charge on any atom is -0.353 e. The van der Waals surface area contributed by atoms with Gasteiger partial charge >= 0.3 is 0 Å². The van der Waals surface area contributed by atoms with Crippen LogP contribution in [0.2, 0.25) is 0 Å². The number of nitrogens with two attached hydrogens (primary N) is 1. The van der Waals surface area contributed by atoms with E-state index in [1.807, 2.05) is 26.2 Å². The highest BCUT2D eigenvalue weighted by atomic mass is 32.2. The average Bonchev–Trinajstić information content (AvgIpc) is 2.86. The molecule has 8 heteroatoms. The summed E-state index contributed by atoms with van der Waals surface area (Å²) in [5, 5.41) is 6.00. The Morgan fingerprint density at radius 3 is 2.70 bits per heavy atom. The highest BCUT2D eigenvalue weighted by molar-refractivity contribution is 7.89. The Labute approximate surface area is 135 Å². The third kappa shape index (κ3) is 1.88. The number of fused-ring (bicyclic) bond motifs is 1. The van der Waals surface area contributed by atoms with E-state index in [9.17, 15) is 8.42 Å². The van der Waals surface area contributed by atoms with Crippen molar-refractivity contribution in [3.05, 3.63) is 18.6 Å². The van der Waals surface area contributed by atoms with Crippen molar-refractivity contribution in [3.63, 3.8) is 0 Å². The van der Waals surface area contributed by atoms with Crippen LogP contribution in [0.25, 0.3) is 11.0 Å². The molecule has 0 amide bonds. The molecule has 7 nitrogen and oxygen atoms in total. The Morgan fingerprint density at radius 1 is 1.39 bits per heavy atom. The van der Waals surface area contributed by atoms with Gasteiger partial charge in [-0.3, -0.25) is 0 Å². The van der Waals surface area contributed by atoms with Gasteiger partial charge < -0.3 is 9.88 Å². The number of primary sulfonamides is 1. The first-order valence-electron chi connectivity index (χ1n) is 7.85. The van der Waals surface area contributed by atoms with Crippen LogP contribution >= 0.6 is 0 Å². The fourth-order valence-corrected chi connectivity index (χ4v) is 6.28. The number of anilines is 1. The van der Waals surface area contributed by atoms with Crippen LogP contribution in [0.4, 0.5) is 5.82 Å². The molecule has 3 N–H and O–H groups in total. The first-order chi connectivity index (χ1) is 10.8. The van der Waals surface area contributed by atoms with E-state index in [1.54, 1.807) is 6.33 Å². The summed E-state index contributed by atoms with van der Waals surface area (Å²) in [6, 6.07) is 1.97. The Kier molecular flexibility index (Phi) is 2.88. The molecule has 0 saturated heterocycles. The van der Waals surface area contributed by atoms with Crippen molar-refractivity contribution in [2.75, 3.05) is 11.9 Å². The third-order valence-electron chi connectivity index (χ3n) is 5.86. The maximum absolute atomic E-state index is 11.9. The summed E-state index contributed by atoms with van der Waals surface area (Å²) < 4.78 is 23.7. The Balaban J connectivity index is 1.60. The van der Waals surface area contributed by atoms with E-state index in [-0.39, 0.29) is 11.0 Å². The van der Waals surface area contributed by atoms with E-state index >= 15 is 0 Å². The molecule has 2 aromatic heterocycles. The molecular weight excluding hydrogens is 314 g/mol. The van der Waals surface area contributed by atoms with Gasteiger partial charge in [0.1, 0.15) is 17.8 Å². The molecule has 0 aliphatic heterocycles. The van der Waals surface area contributed by atoms with Gasteiger partial charge in [0.2, 0.25) is 10.0 Å². The second-order valence-corrected chi connectivity index (χ2v) is 8.85. The quantitative estimate of drug-likeness (QED) is 0.859. The summed E-state index contributed by atoms with van der Waals surface area (Å²) >= 11 is 0. The van der Waals surface area contributed by atoms with Crippen LogP contribution in [0.3, 0.4) is 0 Å². The first-order valence-corrected chi connectivity index (χ1v) is 9.46. The molecule has 5 rings (SSSR count). The second-order valence-electron chi connectivity index (χ2n) is 7.10. The van der Waals surface area contributed by atoms with E-state index in [0.717, 1.165) is 36.1 Å². The van der Waals surface area contributed by atoms with Gasteiger partial charge in [0.15, 0.2) is 0 Å². The van der Waals surface area contributed by atoms with Crippen molar-refractivity contribution in [2.45, 2.75) is 43.4 Å². The summed E-state index contributed by atoms with van der Waals surface area (Å²) in [6.07, 6.45) is 6.58. The monoisotopic (exact) mass is 335 g/mol. The Hall–Kier alpha value is -1.67. The number of nitrogens with one attached hydrogen (secondary N) is 1. The molecule has 3 aliphatic carbocycles. The molecule has 3 fully saturated rings. The number of H-pyrrole nitrogens is 1. The van der Waals surface area contributed by atoms with Crippen LogP contribution in [0.5, 0.6) is 0 Å². The van der Waals surface area contributed by atoms with Gasteiger partial charge in [0.25, 0.3) is 0 Å². The predicted molar refractivity (Wildman–Crippen MR) is 88.5 cm³/mol. The summed E-state index contributed by atoms with van der Waals surface area (Å²) in [5.41, 5.74) is 0.691. The Bertz CT molecular complexity index is 855. The molecule has 1 atom stereocenters. The van der Waals surface area contributed by atoms with Gasteiger partial charge in [-0.05, 0) is 37.2 Å². The topological polar surface area (TPSA) is 105 Å². The smallest absolute Gasteiger partial charge is 0.212 e. The van der Waals surface area contributed by atoms with Crippen LogP contribution in [-0.2, 0) is 10.0 Å². The van der Waals surface area contributed by atoms with E-state index < -0.39 is 15.3 Å². The number of sulfonamides is 1. The second kappa shape index (κ2) is 4.45. The summed E-state index contributed by atoms with van der Waals surface area (Å²) in [6.45, 7) is 1.90. The molecule has 2 bridgehead atoms. The van der Waals surface area contributed by atoms with Gasteiger partial charge in [-0.1, -0.05) is 6.92 Å². The van der Waals surface area contributed by atoms with Crippen LogP contribution in [0.1, 0.15) is 32.6 Å². The van der Waals surface area contributed by atoms with Crippen LogP contribution < -0.4 is 10.0 Å². The van der Waals surface area contributed by atoms with E-state index in [4.69, 9.17) is 5.14 Å². The molecule has 3 aliphatic rings. The summed E-state index contributed by atoms with van der Waals surface area (Å²) in [7, 11) is -1.45. The largest absolute Gasteiger partial charge is 0.353 e. The molecule has 0 radical (unpaired) electrons. The SMILES string of the molecule is CCC(C12CC(N(C)c3ncnc4[nH]ccc34)(C1)C2)S(N)(=O)=O. The van der Waals surface area contributed by atoms with Gasteiger partial charge in [-0.25, -0.2) is 23.5 Å². The fourth-order valence-electron chi connectivity index (χ4n) is 4.87. The number of aromatic nitrogens is 3. The van der Waals surface area contributed by atoms with Crippen molar-refractivity contribution in [1.29, 1.82) is 0 Å². The third-order valence-corrected chi connectivity index (χ3v) is 7.48. The average molecular weight is 335 g/mol. The minimum atomic E-state index is -3.49. The first kappa shape index (κ1) is 14.9. The Morgan fingerprint density at radius 2 is 2.09 bits per heavy atom. The highest BCUT2D eigenvalue weighted by Crippen LogP contribution is 2.72. The number of rotatable bonds is 5. The molecular formula is C15H21N5O2S. The summed E-state index contributed by atoms with van der Waals surface area (Å²) in [5.74, 6) is 0.896. The van der Waals surface area contributed by atoms with Crippen molar-refractivity contribution >= 4 is 26.9 Å². The maximum atomic E-state index is 11.9. The van der Waals surface area contributed by atoms with Gasteiger partial charge in [-0.15, -0.1) is 0 Å². The number of hydrogen-bond acceptors (Lipinski definition) is 5. The number of hydrogen-bond donors (Lipinski definition) is 2. The fraction of sp³-hybridized carbons (Fsp3) is 0.600. The van der Waals surface area contributed by atoms with Gasteiger partial charge in [0, 0.05) is 18.8 Å². The predicted octanol–water partition coefficient (Wildman–Crippen LogP) is 1.38. The minimum absolute atomic E-state index is 0.0106. The van der Waals surface area contributed by atoms with Gasteiger partial charge in [0.05, 0.1) is 10.6 Å². The molecule has 124 valence electrons. The molecule has 23 heavy (non-hydrogen) atoms. The van der Waals surface area contributed by atoms with Crippen molar-refractivity contribution in [2.24, 2.45) is 10.6 Å². The summed E-state index contributed by atoms with van der Waals surface area (Å²) in [4.78, 5) is 14.0. The molecule has 0 aromatic carbocycles. The van der Waals surface area contributed by atoms with Gasteiger partial charge in [-0.2, -0.15) is 0 Å². The zero-order chi connectivity index (χ0) is 16.5. The highest BCUT2D eigenvalue weighted by Gasteiger charge is 2.73.